The van der Waals surface area contributed by atoms with E-state index in [4.69, 9.17) is 4.74 Å². The Labute approximate surface area is 166 Å². The fraction of sp³-hybridized carbons (Fsp3) is 0.318. The highest BCUT2D eigenvalue weighted by atomic mass is 16.5. The zero-order chi connectivity index (χ0) is 20.5. The number of nitrogens with one attached hydrogen (secondary N) is 2. The first-order valence-electron chi connectivity index (χ1n) is 9.55. The van der Waals surface area contributed by atoms with Gasteiger partial charge in [-0.25, -0.2) is 5.43 Å². The molecule has 1 amide bonds. The Morgan fingerprint density at radius 1 is 1.39 bits per heavy atom. The highest BCUT2D eigenvalue weighted by Gasteiger charge is 2.26. The number of hydrogen-bond acceptors (Lipinski definition) is 3. The number of carbonyl (C=O) groups is 1. The van der Waals surface area contributed by atoms with Gasteiger partial charge in [-0.2, -0.15) is 10.1 Å². The van der Waals surface area contributed by atoms with Crippen LogP contribution in [0.25, 0.3) is 6.08 Å². The molecule has 6 heteroatoms. The number of allylic oxidation sites excluding steroid dienone is 6. The third-order valence-corrected chi connectivity index (χ3v) is 4.45. The van der Waals surface area contributed by atoms with Crippen molar-refractivity contribution in [3.05, 3.63) is 59.2 Å². The minimum absolute atomic E-state index is 0.223. The standard InChI is InChI=1S/C20H22N4O2.C2H6/c1-4-15(26-3)9-8-11-17-14(2)19(22-16-13-21-23-20(16)25)18-10-6-5-7-12-24(17)18;1-2/h4-10,13H,11-12H2,1-3H3,(H,22,23,25);1-2H3/p+1/b9-8-,15-4+;. The Bertz CT molecular complexity index is 896. The molecular weight excluding hydrogens is 352 g/mol. The fourth-order valence-corrected chi connectivity index (χ4v) is 3.08. The Morgan fingerprint density at radius 2 is 2.18 bits per heavy atom. The number of hydrogen-bond donors (Lipinski definition) is 2. The van der Waals surface area contributed by atoms with E-state index in [0.29, 0.717) is 5.71 Å². The molecule has 28 heavy (non-hydrogen) atoms. The maximum atomic E-state index is 11.8. The number of amides is 1. The lowest BCUT2D eigenvalue weighted by Gasteiger charge is -2.07. The number of rotatable bonds is 5. The molecule has 0 atom stereocenters. The summed E-state index contributed by atoms with van der Waals surface area (Å²) >= 11 is 0. The first-order chi connectivity index (χ1) is 13.7. The molecular formula is C22H29N4O2+. The molecule has 3 rings (SSSR count). The summed E-state index contributed by atoms with van der Waals surface area (Å²) in [7, 11) is 1.66. The van der Waals surface area contributed by atoms with Crippen LogP contribution in [0.5, 0.6) is 0 Å². The Hall–Kier alpha value is -3.15. The van der Waals surface area contributed by atoms with Crippen molar-refractivity contribution in [1.82, 2.24) is 9.99 Å². The van der Waals surface area contributed by atoms with Crippen molar-refractivity contribution in [2.24, 2.45) is 5.10 Å². The van der Waals surface area contributed by atoms with Crippen molar-refractivity contribution in [3.8, 4) is 0 Å². The van der Waals surface area contributed by atoms with Gasteiger partial charge < -0.3 is 9.30 Å². The monoisotopic (exact) mass is 381 g/mol. The van der Waals surface area contributed by atoms with Crippen molar-refractivity contribution < 1.29 is 14.5 Å². The van der Waals surface area contributed by atoms with Gasteiger partial charge in [0.05, 0.1) is 7.11 Å². The van der Waals surface area contributed by atoms with Gasteiger partial charge in [0.1, 0.15) is 17.7 Å². The van der Waals surface area contributed by atoms with Crippen LogP contribution in [0.2, 0.25) is 0 Å². The maximum absolute atomic E-state index is 11.8. The predicted octanol–water partition coefficient (Wildman–Crippen LogP) is 2.32. The average Bonchev–Trinajstić information content (AvgIpc) is 3.11. The second kappa shape index (κ2) is 10.3. The van der Waals surface area contributed by atoms with Crippen LogP contribution in [0.4, 0.5) is 5.69 Å². The molecule has 0 aromatic carbocycles. The fourth-order valence-electron chi connectivity index (χ4n) is 3.08. The first kappa shape index (κ1) is 21.2. The number of fused-ring (bicyclic) bond motifs is 1. The number of aromatic nitrogens is 1. The van der Waals surface area contributed by atoms with Crippen molar-refractivity contribution in [2.45, 2.75) is 40.7 Å². The topological polar surface area (TPSA) is 69.6 Å². The third kappa shape index (κ3) is 4.57. The van der Waals surface area contributed by atoms with E-state index in [2.05, 4.69) is 45.2 Å². The highest BCUT2D eigenvalue weighted by Crippen LogP contribution is 2.27. The molecule has 0 aliphatic carbocycles. The van der Waals surface area contributed by atoms with Crippen LogP contribution in [-0.4, -0.2) is 29.5 Å². The summed E-state index contributed by atoms with van der Waals surface area (Å²) in [6, 6.07) is 0. The summed E-state index contributed by atoms with van der Waals surface area (Å²) in [5.74, 6) is 0.608. The minimum Gasteiger partial charge on any atom is -0.497 e. The van der Waals surface area contributed by atoms with Crippen LogP contribution < -0.4 is 10.4 Å². The smallest absolute Gasteiger partial charge is 0.337 e. The average molecular weight is 382 g/mol. The van der Waals surface area contributed by atoms with Gasteiger partial charge in [-0.05, 0) is 32.1 Å². The number of ether oxygens (including phenoxy) is 1. The molecule has 0 bridgehead atoms. The summed E-state index contributed by atoms with van der Waals surface area (Å²) in [6.45, 7) is 8.80. The van der Waals surface area contributed by atoms with Crippen LogP contribution in [0, 0.1) is 6.92 Å². The molecule has 3 heterocycles. The number of carbonyl (C=O) groups excluding carboxylic acids is 1. The third-order valence-electron chi connectivity index (χ3n) is 4.45. The van der Waals surface area contributed by atoms with E-state index in [1.54, 1.807) is 7.11 Å². The van der Waals surface area contributed by atoms with Crippen molar-refractivity contribution in [3.63, 3.8) is 0 Å². The van der Waals surface area contributed by atoms with Gasteiger partial charge in [0, 0.05) is 24.2 Å². The molecule has 2 aliphatic heterocycles. The molecule has 0 radical (unpaired) electrons. The summed E-state index contributed by atoms with van der Waals surface area (Å²) in [6.07, 6.45) is 16.5. The molecule has 0 spiro atoms. The normalized spacial score (nSPS) is 16.8. The second-order valence-electron chi connectivity index (χ2n) is 5.97. The van der Waals surface area contributed by atoms with E-state index in [1.165, 1.54) is 11.9 Å². The van der Waals surface area contributed by atoms with E-state index in [0.717, 1.165) is 35.7 Å². The number of hydrazone groups is 1. The first-order valence-corrected chi connectivity index (χ1v) is 9.55. The largest absolute Gasteiger partial charge is 0.497 e. The quantitative estimate of drug-likeness (QED) is 0.607. The second-order valence-corrected chi connectivity index (χ2v) is 5.97. The van der Waals surface area contributed by atoms with E-state index in [-0.39, 0.29) is 5.91 Å². The van der Waals surface area contributed by atoms with Crippen LogP contribution in [-0.2, 0) is 22.5 Å². The van der Waals surface area contributed by atoms with Gasteiger partial charge in [0.2, 0.25) is 5.69 Å². The van der Waals surface area contributed by atoms with Gasteiger partial charge in [-0.3, -0.25) is 4.79 Å². The van der Waals surface area contributed by atoms with Gasteiger partial charge >= 0.3 is 5.91 Å². The van der Waals surface area contributed by atoms with Gasteiger partial charge in [-0.15, -0.1) is 0 Å². The molecule has 6 nitrogen and oxygen atoms in total. The van der Waals surface area contributed by atoms with E-state index in [1.807, 2.05) is 45.1 Å². The molecule has 0 unspecified atom stereocenters. The summed E-state index contributed by atoms with van der Waals surface area (Å²) < 4.78 is 7.54. The molecule has 2 aliphatic rings. The van der Waals surface area contributed by atoms with E-state index < -0.39 is 0 Å². The Balaban J connectivity index is 0.00000136. The SMILES string of the molecule is C/C=C(\C=C/Cc1c(C)c([NH+]=C2C=NNC2=O)c2n1CC=CC=C2)OC.CC. The zero-order valence-corrected chi connectivity index (χ0v) is 17.2. The molecule has 2 N–H and O–H groups in total. The predicted molar refractivity (Wildman–Crippen MR) is 115 cm³/mol. The van der Waals surface area contributed by atoms with Gasteiger partial charge in [-0.1, -0.05) is 38.2 Å². The molecule has 148 valence electrons. The van der Waals surface area contributed by atoms with Crippen LogP contribution in [0.1, 0.15) is 37.7 Å². The van der Waals surface area contributed by atoms with Crippen molar-refractivity contribution in [2.75, 3.05) is 7.11 Å². The van der Waals surface area contributed by atoms with Gasteiger partial charge in [0.25, 0.3) is 5.71 Å². The Kier molecular flexibility index (Phi) is 7.75. The highest BCUT2D eigenvalue weighted by molar-refractivity contribution is 6.60. The number of methoxy groups -OCH3 is 1. The molecule has 0 saturated carbocycles. The molecule has 1 aromatic rings. The van der Waals surface area contributed by atoms with E-state index in [9.17, 15) is 4.79 Å². The summed E-state index contributed by atoms with van der Waals surface area (Å²) in [5.41, 5.74) is 7.17. The van der Waals surface area contributed by atoms with E-state index >= 15 is 0 Å². The Morgan fingerprint density at radius 3 is 2.82 bits per heavy atom. The zero-order valence-electron chi connectivity index (χ0n) is 17.2. The maximum Gasteiger partial charge on any atom is 0.337 e. The van der Waals surface area contributed by atoms with Crippen molar-refractivity contribution >= 4 is 29.6 Å². The van der Waals surface area contributed by atoms with Crippen LogP contribution in [0.3, 0.4) is 0 Å². The number of nitrogens with zero attached hydrogens (tertiary/aromatic N) is 2. The lowest BCUT2D eigenvalue weighted by Crippen LogP contribution is -2.69. The van der Waals surface area contributed by atoms with Crippen molar-refractivity contribution in [1.29, 1.82) is 0 Å². The molecule has 0 fully saturated rings. The van der Waals surface area contributed by atoms with Crippen LogP contribution >= 0.6 is 0 Å². The minimum atomic E-state index is -0.223. The molecule has 1 aromatic heterocycles. The summed E-state index contributed by atoms with van der Waals surface area (Å²) in [5, 5.41) is 3.80. The lowest BCUT2D eigenvalue weighted by molar-refractivity contribution is -0.351. The van der Waals surface area contributed by atoms with Gasteiger partial charge in [0.15, 0.2) is 0 Å². The van der Waals surface area contributed by atoms with Crippen LogP contribution in [0.15, 0.2) is 47.3 Å². The summed E-state index contributed by atoms with van der Waals surface area (Å²) in [4.78, 5) is 15.1. The molecule has 0 saturated heterocycles. The lowest BCUT2D eigenvalue weighted by atomic mass is 10.1.